The number of benzene rings is 4. The average Bonchev–Trinajstić information content (AvgIpc) is 2.83. The molecule has 0 aliphatic heterocycles. The monoisotopic (exact) mass is 530 g/mol. The van der Waals surface area contributed by atoms with Gasteiger partial charge in [0.25, 0.3) is 20.2 Å². The minimum absolute atomic E-state index is 0.442. The molecule has 0 aliphatic rings. The molecule has 0 fully saturated rings. The Bertz CT molecular complexity index is 1640. The van der Waals surface area contributed by atoms with Gasteiger partial charge in [0.05, 0.1) is 33.3 Å². The highest BCUT2D eigenvalue weighted by Crippen LogP contribution is 2.45. The van der Waals surface area contributed by atoms with E-state index < -0.39 is 32.9 Å². The molecular weight excluding hydrogens is 504 g/mol. The standard InChI is InChI=1S/C26H26O8S2/c1-31-22-13-10-17-7-5-6-8-20(17)25(22)26-21-12-9-19(15-18(21)11-14-23(26)32-2)24(34-36(4,29)30)16-33-35(3,27)28/h5-15,24H,16H2,1-4H3/t24-/m0/s1. The van der Waals surface area contributed by atoms with Gasteiger partial charge in [-0.15, -0.1) is 0 Å². The van der Waals surface area contributed by atoms with Crippen LogP contribution in [0.4, 0.5) is 0 Å². The van der Waals surface area contributed by atoms with Crippen LogP contribution in [-0.2, 0) is 28.6 Å². The quantitative estimate of drug-likeness (QED) is 0.288. The van der Waals surface area contributed by atoms with Gasteiger partial charge >= 0.3 is 0 Å². The second kappa shape index (κ2) is 10.1. The van der Waals surface area contributed by atoms with E-state index in [4.69, 9.17) is 17.8 Å². The van der Waals surface area contributed by atoms with Gasteiger partial charge in [-0.05, 0) is 45.3 Å². The fourth-order valence-corrected chi connectivity index (χ4v) is 5.17. The molecule has 0 heterocycles. The first kappa shape index (κ1) is 25.9. The fraction of sp³-hybridized carbons (Fsp3) is 0.231. The van der Waals surface area contributed by atoms with E-state index in [1.807, 2.05) is 54.6 Å². The zero-order chi connectivity index (χ0) is 26.1. The van der Waals surface area contributed by atoms with E-state index in [1.165, 1.54) is 0 Å². The lowest BCUT2D eigenvalue weighted by Crippen LogP contribution is -2.18. The molecule has 8 nitrogen and oxygen atoms in total. The highest BCUT2D eigenvalue weighted by molar-refractivity contribution is 7.86. The molecule has 0 N–H and O–H groups in total. The summed E-state index contributed by atoms with van der Waals surface area (Å²) >= 11 is 0. The largest absolute Gasteiger partial charge is 0.496 e. The second-order valence-electron chi connectivity index (χ2n) is 8.26. The molecule has 10 heteroatoms. The molecule has 36 heavy (non-hydrogen) atoms. The van der Waals surface area contributed by atoms with Gasteiger partial charge in [0, 0.05) is 11.1 Å². The van der Waals surface area contributed by atoms with Crippen LogP contribution in [0.25, 0.3) is 32.7 Å². The van der Waals surface area contributed by atoms with Crippen LogP contribution in [0.2, 0.25) is 0 Å². The molecule has 4 aromatic carbocycles. The number of rotatable bonds is 9. The molecule has 0 aromatic heterocycles. The molecule has 190 valence electrons. The minimum atomic E-state index is -3.90. The Morgan fingerprint density at radius 2 is 1.28 bits per heavy atom. The van der Waals surface area contributed by atoms with Gasteiger partial charge in [0.1, 0.15) is 17.6 Å². The zero-order valence-electron chi connectivity index (χ0n) is 20.2. The van der Waals surface area contributed by atoms with Gasteiger partial charge in [-0.1, -0.05) is 48.5 Å². The Morgan fingerprint density at radius 1 is 0.694 bits per heavy atom. The lowest BCUT2D eigenvalue weighted by molar-refractivity contribution is 0.141. The van der Waals surface area contributed by atoms with E-state index in [-0.39, 0.29) is 0 Å². The summed E-state index contributed by atoms with van der Waals surface area (Å²) in [5.41, 5.74) is 2.11. The van der Waals surface area contributed by atoms with E-state index in [2.05, 4.69) is 0 Å². The normalized spacial score (nSPS) is 13.1. The topological polar surface area (TPSA) is 105 Å². The maximum atomic E-state index is 11.9. The van der Waals surface area contributed by atoms with Crippen LogP contribution in [0.1, 0.15) is 11.7 Å². The van der Waals surface area contributed by atoms with Crippen molar-refractivity contribution in [3.8, 4) is 22.6 Å². The van der Waals surface area contributed by atoms with Crippen molar-refractivity contribution in [2.24, 2.45) is 0 Å². The van der Waals surface area contributed by atoms with Crippen LogP contribution in [-0.4, -0.2) is 50.2 Å². The summed E-state index contributed by atoms with van der Waals surface area (Å²) in [5.74, 6) is 1.30. The molecule has 0 spiro atoms. The zero-order valence-corrected chi connectivity index (χ0v) is 21.9. The molecule has 0 aliphatic carbocycles. The average molecular weight is 531 g/mol. The highest BCUT2D eigenvalue weighted by atomic mass is 32.2. The third-order valence-corrected chi connectivity index (χ3v) is 6.83. The van der Waals surface area contributed by atoms with Crippen LogP contribution < -0.4 is 9.47 Å². The fourth-order valence-electron chi connectivity index (χ4n) is 4.21. The van der Waals surface area contributed by atoms with E-state index in [1.54, 1.807) is 26.4 Å². The Hall–Kier alpha value is -3.18. The lowest BCUT2D eigenvalue weighted by Gasteiger charge is -2.20. The van der Waals surface area contributed by atoms with Crippen molar-refractivity contribution in [3.05, 3.63) is 72.3 Å². The molecule has 0 saturated heterocycles. The maximum Gasteiger partial charge on any atom is 0.265 e. The summed E-state index contributed by atoms with van der Waals surface area (Å²) in [6.45, 7) is -0.489. The first-order chi connectivity index (χ1) is 17.0. The summed E-state index contributed by atoms with van der Waals surface area (Å²) in [6.07, 6.45) is 0.634. The second-order valence-corrected chi connectivity index (χ2v) is 11.5. The third kappa shape index (κ3) is 5.62. The number of ether oxygens (including phenoxy) is 2. The van der Waals surface area contributed by atoms with E-state index in [9.17, 15) is 16.8 Å². The molecule has 4 rings (SSSR count). The molecular formula is C26H26O8S2. The summed E-state index contributed by atoms with van der Waals surface area (Å²) in [4.78, 5) is 0. The Kier molecular flexibility index (Phi) is 7.24. The van der Waals surface area contributed by atoms with Crippen molar-refractivity contribution in [1.82, 2.24) is 0 Å². The SMILES string of the molecule is COc1ccc2ccccc2c1-c1c(OC)ccc2cc([C@H](COS(C)(=O)=O)OS(C)(=O)=O)ccc12. The number of fused-ring (bicyclic) bond motifs is 2. The van der Waals surface area contributed by atoms with Crippen LogP contribution in [0, 0.1) is 0 Å². The first-order valence-corrected chi connectivity index (χ1v) is 14.5. The Morgan fingerprint density at radius 3 is 1.86 bits per heavy atom. The molecule has 0 saturated carbocycles. The summed E-state index contributed by atoms with van der Waals surface area (Å²) < 4.78 is 68.3. The van der Waals surface area contributed by atoms with Crippen LogP contribution in [0.3, 0.4) is 0 Å². The number of hydrogen-bond donors (Lipinski definition) is 0. The van der Waals surface area contributed by atoms with Gasteiger partial charge in [0.15, 0.2) is 0 Å². The molecule has 0 unspecified atom stereocenters. The number of hydrogen-bond acceptors (Lipinski definition) is 8. The van der Waals surface area contributed by atoms with Crippen LogP contribution in [0.15, 0.2) is 66.7 Å². The van der Waals surface area contributed by atoms with E-state index >= 15 is 0 Å². The summed E-state index contributed by atoms with van der Waals surface area (Å²) in [5, 5.41) is 3.60. The highest BCUT2D eigenvalue weighted by Gasteiger charge is 2.23. The predicted octanol–water partition coefficient (Wildman–Crippen LogP) is 4.67. The summed E-state index contributed by atoms with van der Waals surface area (Å²) in [6, 6.07) is 20.8. The van der Waals surface area contributed by atoms with Crippen molar-refractivity contribution in [3.63, 3.8) is 0 Å². The van der Waals surface area contributed by atoms with Crippen LogP contribution >= 0.6 is 0 Å². The molecule has 0 bridgehead atoms. The Labute approximate surface area is 210 Å². The van der Waals surface area contributed by atoms with Crippen molar-refractivity contribution >= 4 is 41.8 Å². The molecule has 0 radical (unpaired) electrons. The number of methoxy groups -OCH3 is 2. The van der Waals surface area contributed by atoms with Gasteiger partial charge in [-0.2, -0.15) is 16.8 Å². The van der Waals surface area contributed by atoms with Gasteiger partial charge in [-0.3, -0.25) is 8.37 Å². The van der Waals surface area contributed by atoms with Crippen LogP contribution in [0.5, 0.6) is 11.5 Å². The van der Waals surface area contributed by atoms with Gasteiger partial charge in [0.2, 0.25) is 0 Å². The van der Waals surface area contributed by atoms with Gasteiger partial charge in [-0.25, -0.2) is 0 Å². The Balaban J connectivity index is 1.94. The molecule has 0 amide bonds. The van der Waals surface area contributed by atoms with Crippen molar-refractivity contribution in [1.29, 1.82) is 0 Å². The maximum absolute atomic E-state index is 11.9. The minimum Gasteiger partial charge on any atom is -0.496 e. The molecule has 1 atom stereocenters. The third-order valence-electron chi connectivity index (χ3n) is 5.68. The first-order valence-electron chi connectivity index (χ1n) is 10.9. The van der Waals surface area contributed by atoms with Crippen molar-refractivity contribution in [2.45, 2.75) is 6.10 Å². The van der Waals surface area contributed by atoms with Crippen molar-refractivity contribution < 1.29 is 34.7 Å². The van der Waals surface area contributed by atoms with Gasteiger partial charge < -0.3 is 9.47 Å². The van der Waals surface area contributed by atoms with E-state index in [0.29, 0.717) is 17.1 Å². The molecule has 4 aromatic rings. The smallest absolute Gasteiger partial charge is 0.265 e. The lowest BCUT2D eigenvalue weighted by atomic mass is 9.91. The van der Waals surface area contributed by atoms with Crippen molar-refractivity contribution in [2.75, 3.05) is 33.3 Å². The van der Waals surface area contributed by atoms with E-state index in [0.717, 1.165) is 45.2 Å². The predicted molar refractivity (Wildman–Crippen MR) is 139 cm³/mol. The summed E-state index contributed by atoms with van der Waals surface area (Å²) in [7, 11) is -4.51.